The summed E-state index contributed by atoms with van der Waals surface area (Å²) in [5, 5.41) is 9.12. The molecular formula is C16H21F3N4O. The van der Waals surface area contributed by atoms with Crippen molar-refractivity contribution in [2.45, 2.75) is 32.2 Å². The number of rotatable bonds is 4. The first kappa shape index (κ1) is 18.5. The molecule has 1 aliphatic rings. The Labute approximate surface area is 139 Å². The molecule has 1 aromatic heterocycles. The highest BCUT2D eigenvalue weighted by molar-refractivity contribution is 5.54. The molecule has 2 rings (SSSR count). The van der Waals surface area contributed by atoms with Crippen molar-refractivity contribution in [1.82, 2.24) is 9.88 Å². The van der Waals surface area contributed by atoms with E-state index in [1.54, 1.807) is 11.9 Å². The van der Waals surface area contributed by atoms with E-state index in [-0.39, 0.29) is 23.6 Å². The van der Waals surface area contributed by atoms with Gasteiger partial charge in [0.05, 0.1) is 17.8 Å². The molecule has 1 aromatic rings. The summed E-state index contributed by atoms with van der Waals surface area (Å²) in [6.45, 7) is 6.68. The molecule has 8 heteroatoms. The van der Waals surface area contributed by atoms with Gasteiger partial charge in [-0.15, -0.1) is 0 Å². The highest BCUT2D eigenvalue weighted by atomic mass is 19.4. The average Bonchev–Trinajstić information content (AvgIpc) is 2.50. The summed E-state index contributed by atoms with van der Waals surface area (Å²) in [4.78, 5) is 7.44. The Hall–Kier alpha value is -1.85. The number of aromatic nitrogens is 1. The Morgan fingerprint density at radius 2 is 1.96 bits per heavy atom. The number of alkyl halides is 3. The number of halogens is 3. The number of anilines is 1. The summed E-state index contributed by atoms with van der Waals surface area (Å²) in [6, 6.07) is 3.90. The fraction of sp³-hybridized carbons (Fsp3) is 0.625. The molecule has 2 atom stereocenters. The number of ether oxygens (including phenoxy) is 1. The molecule has 5 nitrogen and oxygen atoms in total. The van der Waals surface area contributed by atoms with Crippen LogP contribution in [0.3, 0.4) is 0 Å². The van der Waals surface area contributed by atoms with E-state index in [1.165, 1.54) is 6.07 Å². The second kappa shape index (κ2) is 7.36. The Morgan fingerprint density at radius 3 is 2.50 bits per heavy atom. The van der Waals surface area contributed by atoms with E-state index in [2.05, 4.69) is 9.88 Å². The Kier molecular flexibility index (Phi) is 5.67. The van der Waals surface area contributed by atoms with E-state index in [4.69, 9.17) is 10.00 Å². The van der Waals surface area contributed by atoms with E-state index in [0.717, 1.165) is 19.2 Å². The second-order valence-electron chi connectivity index (χ2n) is 6.12. The van der Waals surface area contributed by atoms with Gasteiger partial charge in [0.25, 0.3) is 0 Å². The SMILES string of the molecule is C[C@@H]1CN(CCN(C)c2nc(C(F)(F)F)ccc2C#N)C[C@H](C)O1. The Bertz CT molecular complexity index is 604. The first-order valence-corrected chi connectivity index (χ1v) is 7.78. The third kappa shape index (κ3) is 4.58. The number of hydrogen-bond donors (Lipinski definition) is 0. The quantitative estimate of drug-likeness (QED) is 0.842. The van der Waals surface area contributed by atoms with Crippen LogP contribution in [0, 0.1) is 11.3 Å². The minimum Gasteiger partial charge on any atom is -0.373 e. The Morgan fingerprint density at radius 1 is 1.33 bits per heavy atom. The van der Waals surface area contributed by atoms with Gasteiger partial charge in [-0.05, 0) is 26.0 Å². The van der Waals surface area contributed by atoms with Crippen LogP contribution in [0.5, 0.6) is 0 Å². The summed E-state index contributed by atoms with van der Waals surface area (Å²) in [6.07, 6.45) is -4.28. The molecule has 2 heterocycles. The molecule has 0 spiro atoms. The molecular weight excluding hydrogens is 321 g/mol. The average molecular weight is 342 g/mol. The zero-order chi connectivity index (χ0) is 17.9. The van der Waals surface area contributed by atoms with Crippen molar-refractivity contribution < 1.29 is 17.9 Å². The summed E-state index contributed by atoms with van der Waals surface area (Å²) >= 11 is 0. The largest absolute Gasteiger partial charge is 0.433 e. The van der Waals surface area contributed by atoms with Crippen molar-refractivity contribution in [3.05, 3.63) is 23.4 Å². The summed E-state index contributed by atoms with van der Waals surface area (Å²) in [7, 11) is 1.65. The number of nitrogens with zero attached hydrogens (tertiary/aromatic N) is 4. The lowest BCUT2D eigenvalue weighted by Crippen LogP contribution is -2.47. The highest BCUT2D eigenvalue weighted by Crippen LogP contribution is 2.30. The third-order valence-electron chi connectivity index (χ3n) is 3.89. The van der Waals surface area contributed by atoms with Gasteiger partial charge in [-0.25, -0.2) is 4.98 Å². The molecule has 0 amide bonds. The summed E-state index contributed by atoms with van der Waals surface area (Å²) in [5.41, 5.74) is -0.855. The number of hydrogen-bond acceptors (Lipinski definition) is 5. The molecule has 0 radical (unpaired) electrons. The smallest absolute Gasteiger partial charge is 0.373 e. The van der Waals surface area contributed by atoms with Crippen molar-refractivity contribution >= 4 is 5.82 Å². The van der Waals surface area contributed by atoms with Crippen molar-refractivity contribution in [2.24, 2.45) is 0 Å². The maximum Gasteiger partial charge on any atom is 0.433 e. The van der Waals surface area contributed by atoms with Gasteiger partial charge in [0.2, 0.25) is 0 Å². The number of pyridine rings is 1. The maximum atomic E-state index is 12.8. The van der Waals surface area contributed by atoms with Gasteiger partial charge in [-0.2, -0.15) is 18.4 Å². The predicted octanol–water partition coefficient (Wildman–Crippen LogP) is 2.52. The van der Waals surface area contributed by atoms with E-state index in [0.29, 0.717) is 13.1 Å². The Balaban J connectivity index is 2.08. The molecule has 1 saturated heterocycles. The van der Waals surface area contributed by atoms with Gasteiger partial charge in [0, 0.05) is 33.2 Å². The maximum absolute atomic E-state index is 12.8. The van der Waals surface area contributed by atoms with Gasteiger partial charge < -0.3 is 9.64 Å². The number of likely N-dealkylation sites (N-methyl/N-ethyl adjacent to an activating group) is 1. The van der Waals surface area contributed by atoms with E-state index < -0.39 is 11.9 Å². The molecule has 1 fully saturated rings. The third-order valence-corrected chi connectivity index (χ3v) is 3.89. The summed E-state index contributed by atoms with van der Waals surface area (Å²) < 4.78 is 44.2. The first-order chi connectivity index (χ1) is 11.2. The fourth-order valence-electron chi connectivity index (χ4n) is 2.85. The molecule has 1 aliphatic heterocycles. The predicted molar refractivity (Wildman–Crippen MR) is 83.7 cm³/mol. The van der Waals surface area contributed by atoms with Crippen LogP contribution in [0.1, 0.15) is 25.1 Å². The molecule has 132 valence electrons. The highest BCUT2D eigenvalue weighted by Gasteiger charge is 2.33. The van der Waals surface area contributed by atoms with Crippen LogP contribution in [-0.2, 0) is 10.9 Å². The van der Waals surface area contributed by atoms with Crippen LogP contribution >= 0.6 is 0 Å². The lowest BCUT2D eigenvalue weighted by Gasteiger charge is -2.36. The molecule has 0 N–H and O–H groups in total. The first-order valence-electron chi connectivity index (χ1n) is 7.78. The normalized spacial score (nSPS) is 22.2. The van der Waals surface area contributed by atoms with E-state index >= 15 is 0 Å². The molecule has 0 bridgehead atoms. The molecule has 24 heavy (non-hydrogen) atoms. The van der Waals surface area contributed by atoms with Crippen LogP contribution in [0.25, 0.3) is 0 Å². The zero-order valence-corrected chi connectivity index (χ0v) is 14.0. The van der Waals surface area contributed by atoms with Crippen LogP contribution in [0.15, 0.2) is 12.1 Å². The molecule has 0 unspecified atom stereocenters. The standard InChI is InChI=1S/C16H21F3N4O/c1-11-9-23(10-12(2)24-11)7-6-22(3)15-13(8-20)4-5-14(21-15)16(17,18)19/h4-5,11-12H,6-7,9-10H2,1-3H3/t11-,12+. The molecule has 0 aliphatic carbocycles. The fourth-order valence-corrected chi connectivity index (χ4v) is 2.85. The zero-order valence-electron chi connectivity index (χ0n) is 14.0. The second-order valence-corrected chi connectivity index (χ2v) is 6.12. The van der Waals surface area contributed by atoms with E-state index in [9.17, 15) is 13.2 Å². The van der Waals surface area contributed by atoms with Crippen molar-refractivity contribution in [3.8, 4) is 6.07 Å². The van der Waals surface area contributed by atoms with Crippen LogP contribution in [0.4, 0.5) is 19.0 Å². The topological polar surface area (TPSA) is 52.4 Å². The minimum atomic E-state index is -4.53. The summed E-state index contributed by atoms with van der Waals surface area (Å²) in [5.74, 6) is 0.0571. The molecule has 0 saturated carbocycles. The minimum absolute atomic E-state index is 0.0571. The monoisotopic (exact) mass is 342 g/mol. The lowest BCUT2D eigenvalue weighted by atomic mass is 10.2. The van der Waals surface area contributed by atoms with Crippen molar-refractivity contribution in [2.75, 3.05) is 38.1 Å². The van der Waals surface area contributed by atoms with Gasteiger partial charge in [0.1, 0.15) is 17.6 Å². The lowest BCUT2D eigenvalue weighted by molar-refractivity contribution is -0.141. The van der Waals surface area contributed by atoms with Crippen LogP contribution < -0.4 is 4.90 Å². The van der Waals surface area contributed by atoms with Crippen molar-refractivity contribution in [1.29, 1.82) is 5.26 Å². The van der Waals surface area contributed by atoms with Gasteiger partial charge in [-0.3, -0.25) is 4.90 Å². The van der Waals surface area contributed by atoms with Crippen LogP contribution in [0.2, 0.25) is 0 Å². The van der Waals surface area contributed by atoms with Crippen molar-refractivity contribution in [3.63, 3.8) is 0 Å². The molecule has 0 aromatic carbocycles. The number of morpholine rings is 1. The van der Waals surface area contributed by atoms with E-state index in [1.807, 2.05) is 19.9 Å². The number of nitriles is 1. The van der Waals surface area contributed by atoms with Gasteiger partial charge >= 0.3 is 6.18 Å². The van der Waals surface area contributed by atoms with Gasteiger partial charge in [0.15, 0.2) is 0 Å². The van der Waals surface area contributed by atoms with Gasteiger partial charge in [-0.1, -0.05) is 0 Å². The van der Waals surface area contributed by atoms with Crippen LogP contribution in [-0.4, -0.2) is 55.3 Å².